The molecule has 8 aromatic carbocycles. The molecular formula is C52H39N3. The van der Waals surface area contributed by atoms with E-state index in [9.17, 15) is 0 Å². The maximum Gasteiger partial charge on any atom is 0.0549 e. The number of aromatic nitrogens is 3. The first-order valence-electron chi connectivity index (χ1n) is 19.2. The molecule has 0 N–H and O–H groups in total. The van der Waals surface area contributed by atoms with Crippen molar-refractivity contribution in [1.29, 1.82) is 0 Å². The number of hydrogen-bond donors (Lipinski definition) is 0. The zero-order valence-electron chi connectivity index (χ0n) is 31.2. The topological polar surface area (TPSA) is 14.8 Å². The van der Waals surface area contributed by atoms with E-state index >= 15 is 0 Å². The highest BCUT2D eigenvalue weighted by atomic mass is 15.0. The summed E-state index contributed by atoms with van der Waals surface area (Å²) in [6.07, 6.45) is 0. The molecule has 262 valence electrons. The van der Waals surface area contributed by atoms with Crippen molar-refractivity contribution in [3.05, 3.63) is 188 Å². The predicted molar refractivity (Wildman–Crippen MR) is 234 cm³/mol. The van der Waals surface area contributed by atoms with Gasteiger partial charge in [-0.3, -0.25) is 0 Å². The smallest absolute Gasteiger partial charge is 0.0549 e. The maximum atomic E-state index is 2.51. The van der Waals surface area contributed by atoms with Gasteiger partial charge in [0.1, 0.15) is 0 Å². The molecule has 0 saturated carbocycles. The number of rotatable bonds is 4. The Morgan fingerprint density at radius 3 is 1.25 bits per heavy atom. The third kappa shape index (κ3) is 4.56. The van der Waals surface area contributed by atoms with Crippen molar-refractivity contribution in [2.24, 2.45) is 0 Å². The first kappa shape index (κ1) is 31.7. The number of hydrogen-bond acceptors (Lipinski definition) is 0. The lowest BCUT2D eigenvalue weighted by atomic mass is 9.79. The summed E-state index contributed by atoms with van der Waals surface area (Å²) in [5.74, 6) is 0. The Balaban J connectivity index is 1.25. The van der Waals surface area contributed by atoms with E-state index in [0.717, 1.165) is 0 Å². The number of para-hydroxylation sites is 6. The molecule has 3 heteroatoms. The van der Waals surface area contributed by atoms with Gasteiger partial charge in [-0.2, -0.15) is 0 Å². The van der Waals surface area contributed by atoms with E-state index in [-0.39, 0.29) is 5.41 Å². The Morgan fingerprint density at radius 1 is 0.309 bits per heavy atom. The van der Waals surface area contributed by atoms with Gasteiger partial charge in [0.05, 0.1) is 38.8 Å². The molecule has 3 nitrogen and oxygen atoms in total. The quantitative estimate of drug-likeness (QED) is 0.173. The minimum Gasteiger partial charge on any atom is -0.309 e. The van der Waals surface area contributed by atoms with E-state index in [1.165, 1.54) is 99.2 Å². The van der Waals surface area contributed by atoms with Crippen molar-refractivity contribution in [2.45, 2.75) is 26.2 Å². The Kier molecular flexibility index (Phi) is 6.81. The Hall–Kier alpha value is -6.84. The summed E-state index contributed by atoms with van der Waals surface area (Å²) in [6.45, 7) is 7.09. The Bertz CT molecular complexity index is 3280. The molecule has 0 atom stereocenters. The van der Waals surface area contributed by atoms with Gasteiger partial charge < -0.3 is 13.7 Å². The summed E-state index contributed by atoms with van der Waals surface area (Å²) < 4.78 is 7.36. The predicted octanol–water partition coefficient (Wildman–Crippen LogP) is 13.9. The van der Waals surface area contributed by atoms with Crippen LogP contribution in [0.3, 0.4) is 0 Å². The van der Waals surface area contributed by atoms with Gasteiger partial charge in [0.15, 0.2) is 0 Å². The first-order chi connectivity index (χ1) is 27.0. The van der Waals surface area contributed by atoms with E-state index < -0.39 is 0 Å². The summed E-state index contributed by atoms with van der Waals surface area (Å²) in [6, 6.07) is 66.6. The molecule has 11 aromatic rings. The van der Waals surface area contributed by atoms with Gasteiger partial charge in [-0.1, -0.05) is 136 Å². The van der Waals surface area contributed by atoms with Crippen molar-refractivity contribution in [2.75, 3.05) is 0 Å². The van der Waals surface area contributed by atoms with Gasteiger partial charge in [0.2, 0.25) is 0 Å². The van der Waals surface area contributed by atoms with Gasteiger partial charge in [-0.05, 0) is 83.3 Å². The molecule has 55 heavy (non-hydrogen) atoms. The molecular weight excluding hydrogens is 667 g/mol. The second-order valence-electron chi connectivity index (χ2n) is 15.7. The average Bonchev–Trinajstić information content (AvgIpc) is 3.86. The normalized spacial score (nSPS) is 12.3. The zero-order valence-corrected chi connectivity index (χ0v) is 31.2. The summed E-state index contributed by atoms with van der Waals surface area (Å²) >= 11 is 0. The van der Waals surface area contributed by atoms with Crippen LogP contribution >= 0.6 is 0 Å². The second-order valence-corrected chi connectivity index (χ2v) is 15.7. The van der Waals surface area contributed by atoms with Crippen LogP contribution in [-0.2, 0) is 5.41 Å². The molecule has 0 saturated heterocycles. The van der Waals surface area contributed by atoms with Crippen LogP contribution in [0.15, 0.2) is 182 Å². The highest BCUT2D eigenvalue weighted by Gasteiger charge is 2.28. The van der Waals surface area contributed by atoms with Gasteiger partial charge in [0.25, 0.3) is 0 Å². The minimum atomic E-state index is -0.153. The molecule has 0 aliphatic rings. The van der Waals surface area contributed by atoms with Crippen LogP contribution in [0.5, 0.6) is 0 Å². The minimum absolute atomic E-state index is 0.153. The molecule has 0 aliphatic carbocycles. The van der Waals surface area contributed by atoms with Crippen molar-refractivity contribution in [3.63, 3.8) is 0 Å². The fourth-order valence-corrected chi connectivity index (χ4v) is 9.45. The van der Waals surface area contributed by atoms with E-state index in [2.05, 4.69) is 216 Å². The van der Waals surface area contributed by atoms with Crippen molar-refractivity contribution in [3.8, 4) is 28.2 Å². The molecule has 0 spiro atoms. The van der Waals surface area contributed by atoms with Crippen molar-refractivity contribution >= 4 is 65.4 Å². The molecule has 0 aliphatic heterocycles. The third-order valence-corrected chi connectivity index (χ3v) is 11.5. The second kappa shape index (κ2) is 11.8. The summed E-state index contributed by atoms with van der Waals surface area (Å²) in [4.78, 5) is 0. The van der Waals surface area contributed by atoms with E-state index in [0.29, 0.717) is 0 Å². The van der Waals surface area contributed by atoms with Crippen molar-refractivity contribution < 1.29 is 0 Å². The van der Waals surface area contributed by atoms with Crippen LogP contribution in [0.25, 0.3) is 93.6 Å². The highest BCUT2D eigenvalue weighted by molar-refractivity contribution is 6.29. The number of nitrogens with zero attached hydrogens (tertiary/aromatic N) is 3. The lowest BCUT2D eigenvalue weighted by molar-refractivity contribution is 0.598. The molecule has 0 radical (unpaired) electrons. The van der Waals surface area contributed by atoms with Gasteiger partial charge in [-0.25, -0.2) is 0 Å². The molecule has 0 unspecified atom stereocenters. The van der Waals surface area contributed by atoms with Crippen molar-refractivity contribution in [1.82, 2.24) is 13.7 Å². The molecule has 0 amide bonds. The summed E-state index contributed by atoms with van der Waals surface area (Å²) in [5.41, 5.74) is 14.5. The van der Waals surface area contributed by atoms with Gasteiger partial charge in [0, 0.05) is 49.3 Å². The fraction of sp³-hybridized carbons (Fsp3) is 0.0769. The lowest BCUT2D eigenvalue weighted by Gasteiger charge is -2.26. The molecule has 0 bridgehead atoms. The molecule has 3 aromatic heterocycles. The standard InChI is InChI=1S/C52H39N3/c1-52(2,3)51-37(30-31-47-50(51)40-25-13-16-28-43(40)54(47)35-20-8-5-9-21-35)36-22-10-14-26-41(36)55-44-29-17-12-24-39(44)49-46(55)33-32-45-48(49)38-23-11-15-27-42(38)53(45)34-18-6-4-7-19-34/h4-33H,1-3H3. The fourth-order valence-electron chi connectivity index (χ4n) is 9.45. The lowest BCUT2D eigenvalue weighted by Crippen LogP contribution is -2.14. The van der Waals surface area contributed by atoms with E-state index in [1.54, 1.807) is 0 Å². The average molecular weight is 706 g/mol. The van der Waals surface area contributed by atoms with Crippen LogP contribution < -0.4 is 0 Å². The third-order valence-electron chi connectivity index (χ3n) is 11.5. The first-order valence-corrected chi connectivity index (χ1v) is 19.2. The Morgan fingerprint density at radius 2 is 0.709 bits per heavy atom. The maximum absolute atomic E-state index is 2.51. The van der Waals surface area contributed by atoms with Gasteiger partial charge in [-0.15, -0.1) is 0 Å². The number of benzene rings is 8. The molecule has 3 heterocycles. The largest absolute Gasteiger partial charge is 0.309 e. The van der Waals surface area contributed by atoms with Crippen LogP contribution in [-0.4, -0.2) is 13.7 Å². The summed E-state index contributed by atoms with van der Waals surface area (Å²) in [7, 11) is 0. The summed E-state index contributed by atoms with van der Waals surface area (Å²) in [5, 5.41) is 7.68. The molecule has 11 rings (SSSR count). The Labute approximate surface area is 319 Å². The van der Waals surface area contributed by atoms with Crippen LogP contribution in [0.4, 0.5) is 0 Å². The SMILES string of the molecule is CC(C)(C)c1c(-c2ccccc2-n2c3ccccc3c3c4c5ccccc5n(-c5ccccc5)c4ccc32)ccc2c1c1ccccc1n2-c1ccccc1. The number of fused-ring (bicyclic) bond motifs is 10. The van der Waals surface area contributed by atoms with Crippen LogP contribution in [0.1, 0.15) is 26.3 Å². The zero-order chi connectivity index (χ0) is 36.8. The molecule has 0 fully saturated rings. The monoisotopic (exact) mass is 705 g/mol. The van der Waals surface area contributed by atoms with E-state index in [4.69, 9.17) is 0 Å². The van der Waals surface area contributed by atoms with E-state index in [1.807, 2.05) is 0 Å². The van der Waals surface area contributed by atoms with Gasteiger partial charge >= 0.3 is 0 Å². The van der Waals surface area contributed by atoms with Crippen LogP contribution in [0.2, 0.25) is 0 Å². The van der Waals surface area contributed by atoms with Crippen LogP contribution in [0, 0.1) is 0 Å². The highest BCUT2D eigenvalue weighted by Crippen LogP contribution is 2.47.